The SMILES string of the molecule is Cc1cccc(C)c1B1c2ccccc2B(c2c(C)cccc2C)c2c(Oc3ccc4c5ccccc5n(-c5ccccn5)c4c3)cc(N3CN(c4ccccc4)c4ccccc43)cc21. The fourth-order valence-electron chi connectivity index (χ4n) is 11.1. The van der Waals surface area contributed by atoms with Gasteiger partial charge in [-0.05, 0) is 93.8 Å². The number of aryl methyl sites for hydroxylation is 4. The Morgan fingerprint density at radius 3 is 1.72 bits per heavy atom. The van der Waals surface area contributed by atoms with E-state index in [9.17, 15) is 0 Å². The van der Waals surface area contributed by atoms with E-state index in [4.69, 9.17) is 9.72 Å². The van der Waals surface area contributed by atoms with Gasteiger partial charge in [0.15, 0.2) is 0 Å². The summed E-state index contributed by atoms with van der Waals surface area (Å²) in [4.78, 5) is 9.72. The number of nitrogens with zero attached hydrogens (tertiary/aromatic N) is 4. The number of hydrogen-bond acceptors (Lipinski definition) is 4. The topological polar surface area (TPSA) is 33.5 Å². The van der Waals surface area contributed by atoms with Crippen LogP contribution in [-0.2, 0) is 0 Å². The molecule has 8 aromatic carbocycles. The molecule has 310 valence electrons. The summed E-state index contributed by atoms with van der Waals surface area (Å²) in [7, 11) is 0. The molecule has 0 amide bonds. The normalized spacial score (nSPS) is 13.0. The number of para-hydroxylation sites is 4. The quantitative estimate of drug-likeness (QED) is 0.150. The molecule has 7 heteroatoms. The van der Waals surface area contributed by atoms with Crippen molar-refractivity contribution in [2.24, 2.45) is 0 Å². The summed E-state index contributed by atoms with van der Waals surface area (Å²) in [6.45, 7) is 9.61. The van der Waals surface area contributed by atoms with E-state index in [-0.39, 0.29) is 13.4 Å². The Bertz CT molecular complexity index is 3440. The smallest absolute Gasteiger partial charge is 0.245 e. The molecule has 0 bridgehead atoms. The molecule has 2 aliphatic heterocycles. The molecule has 4 heterocycles. The van der Waals surface area contributed by atoms with Crippen molar-refractivity contribution in [1.29, 1.82) is 0 Å². The lowest BCUT2D eigenvalue weighted by Gasteiger charge is -2.36. The number of hydrogen-bond donors (Lipinski definition) is 0. The van der Waals surface area contributed by atoms with Crippen molar-refractivity contribution in [3.63, 3.8) is 0 Å². The molecular weight excluding hydrogens is 790 g/mol. The van der Waals surface area contributed by atoms with Gasteiger partial charge in [0, 0.05) is 40.5 Å². The van der Waals surface area contributed by atoms with Crippen LogP contribution in [0.2, 0.25) is 0 Å². The molecule has 0 fully saturated rings. The molecule has 0 aliphatic carbocycles. The van der Waals surface area contributed by atoms with Crippen LogP contribution in [0.15, 0.2) is 194 Å². The van der Waals surface area contributed by atoms with Gasteiger partial charge in [0.2, 0.25) is 13.4 Å². The van der Waals surface area contributed by atoms with E-state index in [0.29, 0.717) is 6.67 Å². The zero-order chi connectivity index (χ0) is 43.8. The average Bonchev–Trinajstić information content (AvgIpc) is 3.88. The van der Waals surface area contributed by atoms with Crippen molar-refractivity contribution in [3.8, 4) is 17.3 Å². The second-order valence-electron chi connectivity index (χ2n) is 17.7. The molecule has 2 aliphatic rings. The summed E-state index contributed by atoms with van der Waals surface area (Å²) in [5, 5.41) is 2.33. The third kappa shape index (κ3) is 6.29. The first-order valence-electron chi connectivity index (χ1n) is 22.6. The molecule has 2 aromatic heterocycles. The monoisotopic (exact) mass is 836 g/mol. The minimum absolute atomic E-state index is 0.0393. The van der Waals surface area contributed by atoms with Crippen LogP contribution in [0.4, 0.5) is 22.7 Å². The van der Waals surface area contributed by atoms with Gasteiger partial charge in [0.25, 0.3) is 0 Å². The third-order valence-corrected chi connectivity index (χ3v) is 13.9. The van der Waals surface area contributed by atoms with Crippen LogP contribution in [0.3, 0.4) is 0 Å². The number of aromatic nitrogens is 2. The van der Waals surface area contributed by atoms with Gasteiger partial charge in [-0.1, -0.05) is 165 Å². The fourth-order valence-corrected chi connectivity index (χ4v) is 11.1. The molecule has 0 spiro atoms. The first-order chi connectivity index (χ1) is 31.9. The molecule has 0 saturated carbocycles. The van der Waals surface area contributed by atoms with Gasteiger partial charge in [-0.15, -0.1) is 0 Å². The van der Waals surface area contributed by atoms with Crippen LogP contribution >= 0.6 is 0 Å². The Morgan fingerprint density at radius 1 is 0.446 bits per heavy atom. The maximum Gasteiger partial charge on any atom is 0.245 e. The maximum absolute atomic E-state index is 7.59. The molecule has 0 unspecified atom stereocenters. The molecule has 0 radical (unpaired) electrons. The van der Waals surface area contributed by atoms with Crippen molar-refractivity contribution >= 4 is 90.8 Å². The number of ether oxygens (including phenoxy) is 1. The lowest BCUT2D eigenvalue weighted by atomic mass is 9.20. The van der Waals surface area contributed by atoms with E-state index < -0.39 is 0 Å². The minimum atomic E-state index is -0.0811. The van der Waals surface area contributed by atoms with E-state index in [2.05, 4.69) is 224 Å². The van der Waals surface area contributed by atoms with Crippen LogP contribution in [0.25, 0.3) is 27.6 Å². The standard InChI is InChI=1S/C58H46B2N4O/c1-38-18-16-19-39(2)56(38)59-47-25-9-10-26-48(47)60(57-40(3)20-17-21-41(57)4)58-49(59)34-43(63-37-62(42-22-6-5-7-23-42)51-28-12-13-29-52(51)63)35-54(58)65-44-31-32-46-45-24-8-11-27-50(45)64(53(46)36-44)55-30-14-15-33-61-55/h5-36H,37H2,1-4H3. The summed E-state index contributed by atoms with van der Waals surface area (Å²) < 4.78 is 9.85. The van der Waals surface area contributed by atoms with Gasteiger partial charge < -0.3 is 14.5 Å². The summed E-state index contributed by atoms with van der Waals surface area (Å²) in [5.74, 6) is 2.49. The van der Waals surface area contributed by atoms with Crippen molar-refractivity contribution in [2.75, 3.05) is 16.5 Å². The van der Waals surface area contributed by atoms with Crippen LogP contribution in [0, 0.1) is 27.7 Å². The molecule has 10 aromatic rings. The largest absolute Gasteiger partial charge is 0.458 e. The van der Waals surface area contributed by atoms with Gasteiger partial charge in [0.05, 0.1) is 22.4 Å². The Kier molecular flexibility index (Phi) is 9.27. The predicted molar refractivity (Wildman–Crippen MR) is 275 cm³/mol. The number of pyridine rings is 1. The van der Waals surface area contributed by atoms with Crippen molar-refractivity contribution < 1.29 is 4.74 Å². The molecule has 0 atom stereocenters. The van der Waals surface area contributed by atoms with E-state index in [0.717, 1.165) is 50.8 Å². The highest BCUT2D eigenvalue weighted by atomic mass is 16.5. The lowest BCUT2D eigenvalue weighted by molar-refractivity contribution is 0.487. The van der Waals surface area contributed by atoms with Gasteiger partial charge >= 0.3 is 0 Å². The zero-order valence-electron chi connectivity index (χ0n) is 37.0. The van der Waals surface area contributed by atoms with Crippen molar-refractivity contribution in [2.45, 2.75) is 27.7 Å². The van der Waals surface area contributed by atoms with Crippen LogP contribution in [-0.4, -0.2) is 29.6 Å². The number of benzene rings is 8. The summed E-state index contributed by atoms with van der Waals surface area (Å²) in [5.41, 5.74) is 19.6. The Labute approximate surface area is 381 Å². The minimum Gasteiger partial charge on any atom is -0.458 e. The van der Waals surface area contributed by atoms with Crippen LogP contribution in [0.5, 0.6) is 11.5 Å². The highest BCUT2D eigenvalue weighted by Crippen LogP contribution is 2.45. The molecule has 0 N–H and O–H groups in total. The molecule has 12 rings (SSSR count). The van der Waals surface area contributed by atoms with E-state index in [1.807, 2.05) is 12.3 Å². The maximum atomic E-state index is 7.59. The Hall–Kier alpha value is -7.76. The Balaban J connectivity index is 1.15. The van der Waals surface area contributed by atoms with E-state index >= 15 is 0 Å². The lowest BCUT2D eigenvalue weighted by Crippen LogP contribution is -2.76. The average molecular weight is 837 g/mol. The third-order valence-electron chi connectivity index (χ3n) is 13.9. The highest BCUT2D eigenvalue weighted by molar-refractivity contribution is 7.12. The second-order valence-corrected chi connectivity index (χ2v) is 17.7. The first-order valence-corrected chi connectivity index (χ1v) is 22.6. The number of anilines is 4. The first kappa shape index (κ1) is 38.9. The van der Waals surface area contributed by atoms with Gasteiger partial charge in [-0.2, -0.15) is 0 Å². The zero-order valence-corrected chi connectivity index (χ0v) is 37.0. The summed E-state index contributed by atoms with van der Waals surface area (Å²) >= 11 is 0. The Morgan fingerprint density at radius 2 is 1.03 bits per heavy atom. The molecular formula is C58H46B2N4O. The molecule has 0 saturated heterocycles. The van der Waals surface area contributed by atoms with Crippen molar-refractivity contribution in [3.05, 3.63) is 217 Å². The van der Waals surface area contributed by atoms with Crippen molar-refractivity contribution in [1.82, 2.24) is 9.55 Å². The highest BCUT2D eigenvalue weighted by Gasteiger charge is 2.43. The summed E-state index contributed by atoms with van der Waals surface area (Å²) in [6.07, 6.45) is 1.86. The van der Waals surface area contributed by atoms with Crippen LogP contribution in [0.1, 0.15) is 22.3 Å². The van der Waals surface area contributed by atoms with Gasteiger partial charge in [0.1, 0.15) is 24.0 Å². The van der Waals surface area contributed by atoms with Gasteiger partial charge in [-0.3, -0.25) is 4.57 Å². The van der Waals surface area contributed by atoms with E-state index in [1.165, 1.54) is 66.1 Å². The van der Waals surface area contributed by atoms with Crippen LogP contribution < -0.4 is 47.3 Å². The molecule has 5 nitrogen and oxygen atoms in total. The van der Waals surface area contributed by atoms with Gasteiger partial charge in [-0.25, -0.2) is 4.98 Å². The number of rotatable bonds is 7. The second kappa shape index (κ2) is 15.5. The summed E-state index contributed by atoms with van der Waals surface area (Å²) in [6, 6.07) is 68.2. The van der Waals surface area contributed by atoms with E-state index in [1.54, 1.807) is 0 Å². The fraction of sp³-hybridized carbons (Fsp3) is 0.0862. The number of fused-ring (bicyclic) bond motifs is 6. The molecule has 65 heavy (non-hydrogen) atoms. The predicted octanol–water partition coefficient (Wildman–Crippen LogP) is 9.80.